The first kappa shape index (κ1) is 27.4. The Balaban J connectivity index is 1.33. The largest absolute Gasteiger partial charge is 0.379 e. The highest BCUT2D eigenvalue weighted by Crippen LogP contribution is 2.37. The van der Waals surface area contributed by atoms with E-state index < -0.39 is 27.5 Å². The molecule has 0 spiro atoms. The molecular weight excluding hydrogens is 529 g/mol. The minimum absolute atomic E-state index is 0.00299. The van der Waals surface area contributed by atoms with Gasteiger partial charge in [0.25, 0.3) is 0 Å². The van der Waals surface area contributed by atoms with Gasteiger partial charge < -0.3 is 9.64 Å². The van der Waals surface area contributed by atoms with Crippen LogP contribution < -0.4 is 9.62 Å². The Morgan fingerprint density at radius 2 is 1.72 bits per heavy atom. The molecule has 0 unspecified atom stereocenters. The summed E-state index contributed by atoms with van der Waals surface area (Å²) in [6.07, 6.45) is 3.36. The van der Waals surface area contributed by atoms with Crippen LogP contribution in [0.1, 0.15) is 23.2 Å². The van der Waals surface area contributed by atoms with Crippen molar-refractivity contribution < 1.29 is 26.3 Å². The van der Waals surface area contributed by atoms with Crippen molar-refractivity contribution in [1.29, 1.82) is 0 Å². The van der Waals surface area contributed by atoms with Gasteiger partial charge in [-0.05, 0) is 49.1 Å². The summed E-state index contributed by atoms with van der Waals surface area (Å²) < 4.78 is 74.8. The minimum Gasteiger partial charge on any atom is -0.379 e. The van der Waals surface area contributed by atoms with Crippen molar-refractivity contribution in [3.05, 3.63) is 76.9 Å². The van der Waals surface area contributed by atoms with Gasteiger partial charge in [-0.1, -0.05) is 12.1 Å². The second-order valence-electron chi connectivity index (χ2n) is 9.93. The average Bonchev–Trinajstić information content (AvgIpc) is 2.92. The second-order valence-corrected chi connectivity index (χ2v) is 11.8. The zero-order chi connectivity index (χ0) is 27.6. The molecule has 0 atom stereocenters. The first-order valence-electron chi connectivity index (χ1n) is 13.0. The number of aryl methyl sites for hydroxylation is 1. The number of nitrogens with one attached hydrogen (secondary N) is 1. The highest BCUT2D eigenvalue weighted by Gasteiger charge is 2.24. The number of aromatic nitrogens is 1. The van der Waals surface area contributed by atoms with E-state index >= 15 is 0 Å². The third-order valence-electron chi connectivity index (χ3n) is 7.24. The van der Waals surface area contributed by atoms with E-state index in [0.717, 1.165) is 60.1 Å². The Hall–Kier alpha value is -3.15. The maximum Gasteiger partial charge on any atom is 0.233 e. The number of anilines is 2. The summed E-state index contributed by atoms with van der Waals surface area (Å²) in [6, 6.07) is 8.59. The van der Waals surface area contributed by atoms with Crippen molar-refractivity contribution in [3.8, 4) is 11.1 Å². The average molecular weight is 561 g/mol. The van der Waals surface area contributed by atoms with Gasteiger partial charge in [-0.2, -0.15) is 0 Å². The highest BCUT2D eigenvalue weighted by atomic mass is 32.2. The molecule has 0 saturated carbocycles. The predicted octanol–water partition coefficient (Wildman–Crippen LogP) is 4.50. The smallest absolute Gasteiger partial charge is 0.233 e. The molecule has 2 aliphatic rings. The predicted molar refractivity (Wildman–Crippen MR) is 145 cm³/mol. The SMILES string of the molecule is Cc1c(-c2ccc(NS(=O)(=O)CCN3CCOCC3)cc2)cnc2c1N(Cc1cc(F)c(F)cc1F)CCC2. The van der Waals surface area contributed by atoms with Gasteiger partial charge in [0, 0.05) is 61.8 Å². The molecule has 3 aromatic rings. The molecule has 39 heavy (non-hydrogen) atoms. The van der Waals surface area contributed by atoms with Crippen LogP contribution in [0.15, 0.2) is 42.6 Å². The monoisotopic (exact) mass is 560 g/mol. The Morgan fingerprint density at radius 1 is 1.00 bits per heavy atom. The summed E-state index contributed by atoms with van der Waals surface area (Å²) >= 11 is 0. The molecule has 1 N–H and O–H groups in total. The molecule has 0 bridgehead atoms. The van der Waals surface area contributed by atoms with Gasteiger partial charge in [-0.3, -0.25) is 14.6 Å². The number of halogens is 3. The molecule has 7 nitrogen and oxygen atoms in total. The van der Waals surface area contributed by atoms with E-state index in [9.17, 15) is 21.6 Å². The lowest BCUT2D eigenvalue weighted by molar-refractivity contribution is 0.0408. The standard InChI is InChI=1S/C28H31F3N4O3S/c1-19-23(20-4-6-22(7-5-20)33-39(36,37)14-11-34-9-12-38-13-10-34)17-32-27-3-2-8-35(28(19)27)18-21-15-25(30)26(31)16-24(21)29/h4-7,15-17,33H,2-3,8-14,18H2,1H3. The molecular formula is C28H31F3N4O3S. The summed E-state index contributed by atoms with van der Waals surface area (Å²) in [7, 11) is -3.51. The summed E-state index contributed by atoms with van der Waals surface area (Å²) in [5, 5.41) is 0. The number of fused-ring (bicyclic) bond motifs is 1. The number of pyridine rings is 1. The van der Waals surface area contributed by atoms with E-state index in [0.29, 0.717) is 38.1 Å². The van der Waals surface area contributed by atoms with Crippen molar-refractivity contribution in [3.63, 3.8) is 0 Å². The normalized spacial score (nSPS) is 16.3. The lowest BCUT2D eigenvalue weighted by Gasteiger charge is -2.33. The van der Waals surface area contributed by atoms with Crippen molar-refractivity contribution in [1.82, 2.24) is 9.88 Å². The van der Waals surface area contributed by atoms with Crippen LogP contribution in [-0.4, -0.2) is 63.4 Å². The van der Waals surface area contributed by atoms with Gasteiger partial charge in [0.15, 0.2) is 11.6 Å². The van der Waals surface area contributed by atoms with E-state index in [1.54, 1.807) is 18.3 Å². The summed E-state index contributed by atoms with van der Waals surface area (Å²) in [6.45, 7) is 5.81. The Bertz CT molecular complexity index is 1450. The van der Waals surface area contributed by atoms with Gasteiger partial charge in [0.2, 0.25) is 10.0 Å². The summed E-state index contributed by atoms with van der Waals surface area (Å²) in [5.41, 5.74) is 4.92. The Morgan fingerprint density at radius 3 is 2.46 bits per heavy atom. The van der Waals surface area contributed by atoms with Crippen LogP contribution in [0.2, 0.25) is 0 Å². The maximum absolute atomic E-state index is 14.4. The van der Waals surface area contributed by atoms with Crippen molar-refractivity contribution >= 4 is 21.4 Å². The lowest BCUT2D eigenvalue weighted by atomic mass is 9.96. The van der Waals surface area contributed by atoms with Crippen LogP contribution in [0.3, 0.4) is 0 Å². The van der Waals surface area contributed by atoms with Crippen LogP contribution in [0.25, 0.3) is 11.1 Å². The number of benzene rings is 2. The molecule has 1 fully saturated rings. The molecule has 0 aliphatic carbocycles. The first-order valence-corrected chi connectivity index (χ1v) is 14.6. The quantitative estimate of drug-likeness (QED) is 0.409. The van der Waals surface area contributed by atoms with E-state index in [4.69, 9.17) is 4.74 Å². The summed E-state index contributed by atoms with van der Waals surface area (Å²) in [4.78, 5) is 8.69. The van der Waals surface area contributed by atoms with Gasteiger partial charge >= 0.3 is 0 Å². The number of morpholine rings is 1. The number of hydrogen-bond donors (Lipinski definition) is 1. The molecule has 2 aromatic carbocycles. The van der Waals surface area contributed by atoms with Crippen LogP contribution in [-0.2, 0) is 27.7 Å². The number of ether oxygens (including phenoxy) is 1. The Labute approximate surface area is 226 Å². The van der Waals surface area contributed by atoms with E-state index in [-0.39, 0.29) is 17.9 Å². The fourth-order valence-corrected chi connectivity index (χ4v) is 6.25. The number of hydrogen-bond acceptors (Lipinski definition) is 6. The van der Waals surface area contributed by atoms with Crippen LogP contribution in [0, 0.1) is 24.4 Å². The van der Waals surface area contributed by atoms with Crippen molar-refractivity contribution in [2.24, 2.45) is 0 Å². The number of sulfonamides is 1. The molecule has 1 saturated heterocycles. The van der Waals surface area contributed by atoms with Crippen LogP contribution >= 0.6 is 0 Å². The fourth-order valence-electron chi connectivity index (χ4n) is 5.16. The molecule has 1 aromatic heterocycles. The van der Waals surface area contributed by atoms with Gasteiger partial charge in [0.05, 0.1) is 30.3 Å². The number of nitrogens with zero attached hydrogens (tertiary/aromatic N) is 3. The van der Waals surface area contributed by atoms with Crippen LogP contribution in [0.4, 0.5) is 24.5 Å². The third kappa shape index (κ3) is 6.37. The zero-order valence-corrected chi connectivity index (χ0v) is 22.5. The van der Waals surface area contributed by atoms with Crippen molar-refractivity contribution in [2.45, 2.75) is 26.3 Å². The maximum atomic E-state index is 14.4. The van der Waals surface area contributed by atoms with Gasteiger partial charge in [-0.15, -0.1) is 0 Å². The van der Waals surface area contributed by atoms with E-state index in [1.807, 2.05) is 24.0 Å². The highest BCUT2D eigenvalue weighted by molar-refractivity contribution is 7.92. The van der Waals surface area contributed by atoms with Crippen LogP contribution in [0.5, 0.6) is 0 Å². The minimum atomic E-state index is -3.51. The molecule has 5 rings (SSSR count). The molecule has 2 aliphatic heterocycles. The molecule has 0 amide bonds. The third-order valence-corrected chi connectivity index (χ3v) is 8.51. The van der Waals surface area contributed by atoms with Gasteiger partial charge in [0.1, 0.15) is 5.82 Å². The molecule has 208 valence electrons. The molecule has 3 heterocycles. The first-order chi connectivity index (χ1) is 18.7. The lowest BCUT2D eigenvalue weighted by Crippen LogP contribution is -2.39. The molecule has 0 radical (unpaired) electrons. The fraction of sp³-hybridized carbons (Fsp3) is 0.393. The Kier molecular flexibility index (Phi) is 8.11. The van der Waals surface area contributed by atoms with Crippen molar-refractivity contribution in [2.75, 3.05) is 54.8 Å². The summed E-state index contributed by atoms with van der Waals surface area (Å²) in [5.74, 6) is -3.08. The second kappa shape index (κ2) is 11.5. The van der Waals surface area contributed by atoms with E-state index in [1.165, 1.54) is 0 Å². The van der Waals surface area contributed by atoms with E-state index in [2.05, 4.69) is 14.6 Å². The topological polar surface area (TPSA) is 74.8 Å². The molecule has 11 heteroatoms. The number of rotatable bonds is 8. The zero-order valence-electron chi connectivity index (χ0n) is 21.7. The van der Waals surface area contributed by atoms with Gasteiger partial charge in [-0.25, -0.2) is 21.6 Å².